The van der Waals surface area contributed by atoms with Gasteiger partial charge in [-0.1, -0.05) is 43.1 Å². The van der Waals surface area contributed by atoms with E-state index < -0.39 is 0 Å². The molecular weight excluding hydrogens is 310 g/mol. The summed E-state index contributed by atoms with van der Waals surface area (Å²) >= 11 is 6.09. The van der Waals surface area contributed by atoms with Gasteiger partial charge in [-0.3, -0.25) is 4.79 Å². The summed E-state index contributed by atoms with van der Waals surface area (Å²) < 4.78 is 5.88. The van der Waals surface area contributed by atoms with E-state index in [-0.39, 0.29) is 11.8 Å². The van der Waals surface area contributed by atoms with Gasteiger partial charge in [0.25, 0.3) is 0 Å². The predicted octanol–water partition coefficient (Wildman–Crippen LogP) is 4.80. The first-order valence-electron chi connectivity index (χ1n) is 8.00. The molecule has 0 bridgehead atoms. The maximum absolute atomic E-state index is 12.3. The molecule has 4 heteroatoms. The maximum Gasteiger partial charge on any atom is 0.232 e. The summed E-state index contributed by atoms with van der Waals surface area (Å²) in [5, 5.41) is 3.58. The zero-order valence-corrected chi connectivity index (χ0v) is 13.9. The van der Waals surface area contributed by atoms with Crippen LogP contribution in [0, 0.1) is 0 Å². The quantitative estimate of drug-likeness (QED) is 0.773. The highest BCUT2D eigenvalue weighted by Crippen LogP contribution is 2.37. The van der Waals surface area contributed by atoms with Gasteiger partial charge in [-0.05, 0) is 48.2 Å². The molecule has 1 unspecified atom stereocenters. The fourth-order valence-corrected chi connectivity index (χ4v) is 3.04. The SMILES string of the molecule is CCCCOc1ccccc1CC1C(=O)Nc2ccc(Cl)cc21. The fraction of sp³-hybridized carbons (Fsp3) is 0.316. The van der Waals surface area contributed by atoms with Crippen molar-refractivity contribution in [2.45, 2.75) is 32.1 Å². The lowest BCUT2D eigenvalue weighted by Gasteiger charge is -2.14. The number of ether oxygens (including phenoxy) is 1. The maximum atomic E-state index is 12.3. The van der Waals surface area contributed by atoms with Crippen molar-refractivity contribution in [3.63, 3.8) is 0 Å². The molecule has 1 aliphatic rings. The van der Waals surface area contributed by atoms with Crippen molar-refractivity contribution in [1.29, 1.82) is 0 Å². The molecule has 0 aromatic heterocycles. The van der Waals surface area contributed by atoms with Crippen LogP contribution in [0.5, 0.6) is 5.75 Å². The van der Waals surface area contributed by atoms with Gasteiger partial charge in [0.05, 0.1) is 12.5 Å². The summed E-state index contributed by atoms with van der Waals surface area (Å²) in [6.45, 7) is 2.84. The smallest absolute Gasteiger partial charge is 0.232 e. The van der Waals surface area contributed by atoms with Gasteiger partial charge in [0.2, 0.25) is 5.91 Å². The van der Waals surface area contributed by atoms with Crippen LogP contribution in [0.15, 0.2) is 42.5 Å². The van der Waals surface area contributed by atoms with E-state index in [0.717, 1.165) is 35.4 Å². The van der Waals surface area contributed by atoms with Gasteiger partial charge in [-0.25, -0.2) is 0 Å². The number of hydrogen-bond acceptors (Lipinski definition) is 2. The van der Waals surface area contributed by atoms with E-state index in [1.165, 1.54) is 0 Å². The van der Waals surface area contributed by atoms with Crippen molar-refractivity contribution in [2.24, 2.45) is 0 Å². The standard InChI is InChI=1S/C19H20ClNO2/c1-2-3-10-23-18-7-5-4-6-13(18)11-16-15-12-14(20)8-9-17(15)21-19(16)22/h4-9,12,16H,2-3,10-11H2,1H3,(H,21,22). The minimum atomic E-state index is -0.223. The number of amides is 1. The average Bonchev–Trinajstić information content (AvgIpc) is 2.85. The lowest BCUT2D eigenvalue weighted by atomic mass is 9.93. The van der Waals surface area contributed by atoms with E-state index in [1.807, 2.05) is 36.4 Å². The summed E-state index contributed by atoms with van der Waals surface area (Å²) in [5.74, 6) is 0.662. The highest BCUT2D eigenvalue weighted by atomic mass is 35.5. The van der Waals surface area contributed by atoms with E-state index >= 15 is 0 Å². The molecule has 3 nitrogen and oxygen atoms in total. The number of nitrogens with one attached hydrogen (secondary N) is 1. The first kappa shape index (κ1) is 15.9. The molecule has 0 fully saturated rings. The molecule has 0 radical (unpaired) electrons. The molecule has 120 valence electrons. The van der Waals surface area contributed by atoms with Crippen LogP contribution in [0.25, 0.3) is 0 Å². The Morgan fingerprint density at radius 1 is 1.22 bits per heavy atom. The Morgan fingerprint density at radius 3 is 2.87 bits per heavy atom. The average molecular weight is 330 g/mol. The minimum Gasteiger partial charge on any atom is -0.493 e. The third-order valence-corrected chi connectivity index (χ3v) is 4.35. The number of carbonyl (C=O) groups excluding carboxylic acids is 1. The van der Waals surface area contributed by atoms with Gasteiger partial charge < -0.3 is 10.1 Å². The molecule has 2 aromatic carbocycles. The third-order valence-electron chi connectivity index (χ3n) is 4.12. The number of benzene rings is 2. The summed E-state index contributed by atoms with van der Waals surface area (Å²) in [6, 6.07) is 13.5. The van der Waals surface area contributed by atoms with Crippen molar-refractivity contribution in [2.75, 3.05) is 11.9 Å². The topological polar surface area (TPSA) is 38.3 Å². The van der Waals surface area contributed by atoms with Crippen LogP contribution < -0.4 is 10.1 Å². The highest BCUT2D eigenvalue weighted by molar-refractivity contribution is 6.31. The van der Waals surface area contributed by atoms with Crippen molar-refractivity contribution < 1.29 is 9.53 Å². The van der Waals surface area contributed by atoms with Gasteiger partial charge in [0.1, 0.15) is 5.75 Å². The van der Waals surface area contributed by atoms with Crippen molar-refractivity contribution >= 4 is 23.2 Å². The normalized spacial score (nSPS) is 16.1. The van der Waals surface area contributed by atoms with Gasteiger partial charge in [0, 0.05) is 10.7 Å². The summed E-state index contributed by atoms with van der Waals surface area (Å²) in [4.78, 5) is 12.3. The molecule has 1 amide bonds. The summed E-state index contributed by atoms with van der Waals surface area (Å²) in [6.07, 6.45) is 2.73. The molecule has 1 heterocycles. The van der Waals surface area contributed by atoms with Gasteiger partial charge in [-0.15, -0.1) is 0 Å². The Morgan fingerprint density at radius 2 is 2.04 bits per heavy atom. The summed E-state index contributed by atoms with van der Waals surface area (Å²) in [5.41, 5.74) is 2.87. The van der Waals surface area contributed by atoms with Crippen LogP contribution in [0.4, 0.5) is 5.69 Å². The fourth-order valence-electron chi connectivity index (χ4n) is 2.86. The van der Waals surface area contributed by atoms with E-state index in [9.17, 15) is 4.79 Å². The van der Waals surface area contributed by atoms with E-state index in [1.54, 1.807) is 6.07 Å². The van der Waals surface area contributed by atoms with E-state index in [4.69, 9.17) is 16.3 Å². The molecular formula is C19H20ClNO2. The van der Waals surface area contributed by atoms with Crippen LogP contribution in [0.1, 0.15) is 36.8 Å². The number of anilines is 1. The van der Waals surface area contributed by atoms with Crippen LogP contribution in [0.2, 0.25) is 5.02 Å². The largest absolute Gasteiger partial charge is 0.493 e. The lowest BCUT2D eigenvalue weighted by molar-refractivity contribution is -0.117. The van der Waals surface area contributed by atoms with Crippen molar-refractivity contribution in [3.05, 3.63) is 58.6 Å². The number of unbranched alkanes of at least 4 members (excludes halogenated alkanes) is 1. The van der Waals surface area contributed by atoms with Crippen LogP contribution >= 0.6 is 11.6 Å². The third kappa shape index (κ3) is 3.50. The molecule has 1 aliphatic heterocycles. The number of rotatable bonds is 6. The number of hydrogen-bond donors (Lipinski definition) is 1. The molecule has 1 N–H and O–H groups in total. The number of fused-ring (bicyclic) bond motifs is 1. The molecule has 2 aromatic rings. The zero-order chi connectivity index (χ0) is 16.2. The van der Waals surface area contributed by atoms with E-state index in [2.05, 4.69) is 12.2 Å². The Balaban J connectivity index is 1.83. The Bertz CT molecular complexity index is 714. The van der Waals surface area contributed by atoms with Crippen molar-refractivity contribution in [1.82, 2.24) is 0 Å². The monoisotopic (exact) mass is 329 g/mol. The first-order valence-corrected chi connectivity index (χ1v) is 8.38. The second kappa shape index (κ2) is 7.05. The van der Waals surface area contributed by atoms with Crippen molar-refractivity contribution in [3.8, 4) is 5.75 Å². The Labute approximate surface area is 141 Å². The van der Waals surface area contributed by atoms with Gasteiger partial charge in [-0.2, -0.15) is 0 Å². The molecule has 0 saturated heterocycles. The highest BCUT2D eigenvalue weighted by Gasteiger charge is 2.31. The number of halogens is 1. The zero-order valence-electron chi connectivity index (χ0n) is 13.1. The number of carbonyl (C=O) groups is 1. The predicted molar refractivity (Wildman–Crippen MR) is 93.4 cm³/mol. The summed E-state index contributed by atoms with van der Waals surface area (Å²) in [7, 11) is 0. The van der Waals surface area contributed by atoms with E-state index in [0.29, 0.717) is 18.1 Å². The van der Waals surface area contributed by atoms with Crippen LogP contribution in [-0.2, 0) is 11.2 Å². The lowest BCUT2D eigenvalue weighted by Crippen LogP contribution is -2.15. The Kier molecular flexibility index (Phi) is 4.87. The van der Waals surface area contributed by atoms with Gasteiger partial charge >= 0.3 is 0 Å². The molecule has 23 heavy (non-hydrogen) atoms. The molecule has 0 aliphatic carbocycles. The molecule has 0 saturated carbocycles. The second-order valence-electron chi connectivity index (χ2n) is 5.79. The minimum absolute atomic E-state index is 0.0191. The van der Waals surface area contributed by atoms with Crippen LogP contribution in [-0.4, -0.2) is 12.5 Å². The molecule has 0 spiro atoms. The number of para-hydroxylation sites is 1. The Hall–Kier alpha value is -2.00. The molecule has 1 atom stereocenters. The first-order chi connectivity index (χ1) is 11.2. The van der Waals surface area contributed by atoms with Crippen LogP contribution in [0.3, 0.4) is 0 Å². The van der Waals surface area contributed by atoms with Gasteiger partial charge in [0.15, 0.2) is 0 Å². The molecule has 3 rings (SSSR count). The second-order valence-corrected chi connectivity index (χ2v) is 6.22.